The highest BCUT2D eigenvalue weighted by atomic mass is 32.2. The summed E-state index contributed by atoms with van der Waals surface area (Å²) in [6, 6.07) is -1.07. The molecule has 0 radical (unpaired) electrons. The van der Waals surface area contributed by atoms with Gasteiger partial charge < -0.3 is 37.6 Å². The first-order chi connectivity index (χ1) is 20.8. The molecular weight excluding hydrogens is 614 g/mol. The number of anilines is 2. The van der Waals surface area contributed by atoms with Gasteiger partial charge in [0.25, 0.3) is 11.8 Å². The fraction of sp³-hybridized carbons (Fsp3) is 0.500. The fourth-order valence-corrected chi connectivity index (χ4v) is 6.55. The van der Waals surface area contributed by atoms with Gasteiger partial charge in [-0.05, 0) is 39.7 Å². The molecule has 44 heavy (non-hydrogen) atoms. The minimum atomic E-state index is -1.76. The van der Waals surface area contributed by atoms with Gasteiger partial charge in [-0.2, -0.15) is 0 Å². The van der Waals surface area contributed by atoms with Gasteiger partial charge in [0.15, 0.2) is 23.2 Å². The first-order valence-electron chi connectivity index (χ1n) is 13.7. The molecule has 0 aromatic carbocycles. The summed E-state index contributed by atoms with van der Waals surface area (Å²) >= 11 is 2.33. The van der Waals surface area contributed by atoms with Crippen LogP contribution in [0.4, 0.5) is 10.9 Å². The van der Waals surface area contributed by atoms with Gasteiger partial charge in [-0.25, -0.2) is 14.6 Å². The highest BCUT2D eigenvalue weighted by Crippen LogP contribution is 2.40. The lowest BCUT2D eigenvalue weighted by Crippen LogP contribution is -2.71. The van der Waals surface area contributed by atoms with Crippen LogP contribution in [-0.2, 0) is 44.0 Å². The zero-order valence-electron chi connectivity index (χ0n) is 24.5. The summed E-state index contributed by atoms with van der Waals surface area (Å²) in [5, 5.41) is 26.7. The summed E-state index contributed by atoms with van der Waals surface area (Å²) in [7, 11) is 1.79. The summed E-state index contributed by atoms with van der Waals surface area (Å²) in [5.41, 5.74) is 16.8. The van der Waals surface area contributed by atoms with Gasteiger partial charge in [-0.1, -0.05) is 11.6 Å². The summed E-state index contributed by atoms with van der Waals surface area (Å²) in [6.07, 6.45) is 5.48. The Labute approximate surface area is 260 Å². The van der Waals surface area contributed by atoms with Crippen molar-refractivity contribution in [3.05, 3.63) is 34.1 Å². The van der Waals surface area contributed by atoms with Crippen LogP contribution in [0.5, 0.6) is 0 Å². The van der Waals surface area contributed by atoms with Crippen molar-refractivity contribution in [2.45, 2.75) is 63.1 Å². The largest absolute Gasteiger partial charge is 0.478 e. The van der Waals surface area contributed by atoms with Crippen LogP contribution in [0, 0.1) is 0 Å². The molecule has 0 bridgehead atoms. The molecule has 1 saturated heterocycles. The number of nitrogen functional groups attached to an aromatic ring is 2. The van der Waals surface area contributed by atoms with E-state index in [9.17, 15) is 29.4 Å². The molecule has 2 atom stereocenters. The van der Waals surface area contributed by atoms with E-state index in [1.54, 1.807) is 11.7 Å². The number of aliphatic carboxylic acids is 2. The Morgan fingerprint density at radius 1 is 1.25 bits per heavy atom. The third kappa shape index (κ3) is 6.66. The Kier molecular flexibility index (Phi) is 9.85. The number of hydrogen-bond donors (Lipinski definition) is 6. The topological polar surface area (TPSA) is 245 Å². The third-order valence-corrected chi connectivity index (χ3v) is 9.28. The van der Waals surface area contributed by atoms with Crippen LogP contribution >= 0.6 is 23.1 Å². The lowest BCUT2D eigenvalue weighted by molar-refractivity contribution is -0.765. The Morgan fingerprint density at radius 3 is 2.59 bits per heavy atom. The minimum Gasteiger partial charge on any atom is -0.478 e. The number of carboxylic acids is 2. The van der Waals surface area contributed by atoms with E-state index < -0.39 is 40.8 Å². The van der Waals surface area contributed by atoms with Crippen molar-refractivity contribution >= 4 is 63.5 Å². The van der Waals surface area contributed by atoms with Crippen molar-refractivity contribution in [2.75, 3.05) is 23.8 Å². The van der Waals surface area contributed by atoms with Crippen molar-refractivity contribution in [2.24, 2.45) is 17.9 Å². The molecule has 0 spiro atoms. The molecule has 238 valence electrons. The van der Waals surface area contributed by atoms with E-state index in [4.69, 9.17) is 22.0 Å². The van der Waals surface area contributed by atoms with Crippen LogP contribution in [0.25, 0.3) is 0 Å². The predicted octanol–water partition coefficient (Wildman–Crippen LogP) is -0.372. The van der Waals surface area contributed by atoms with Crippen molar-refractivity contribution in [1.29, 1.82) is 0 Å². The number of β-lactam (4-membered cyclic amide) rings is 1. The zero-order chi connectivity index (χ0) is 32.3. The molecule has 2 aliphatic rings. The van der Waals surface area contributed by atoms with Gasteiger partial charge in [-0.15, -0.1) is 32.5 Å². The SMILES string of the molecule is Cn1c(N)c(CCCCCN)c[n+]1CC1=C(C(=O)O)N2C(=O)[C@@H](NC(=O)/C(=N/OC(C)(C)C(=O)O)c3csc(N)n3)[C@H]2SC1. The van der Waals surface area contributed by atoms with E-state index >= 15 is 0 Å². The number of nitrogens with one attached hydrogen (secondary N) is 1. The molecule has 0 unspecified atom stereocenters. The number of nitrogens with zero attached hydrogens (tertiary/aromatic N) is 5. The first-order valence-corrected chi connectivity index (χ1v) is 15.6. The number of oxime groups is 1. The highest BCUT2D eigenvalue weighted by Gasteiger charge is 2.55. The van der Waals surface area contributed by atoms with Gasteiger partial charge in [-0.3, -0.25) is 14.5 Å². The Bertz CT molecular complexity index is 1530. The second-order valence-electron chi connectivity index (χ2n) is 10.8. The van der Waals surface area contributed by atoms with Gasteiger partial charge in [0.05, 0.1) is 12.6 Å². The number of carbonyl (C=O) groups excluding carboxylic acids is 2. The van der Waals surface area contributed by atoms with Crippen molar-refractivity contribution < 1.29 is 38.9 Å². The van der Waals surface area contributed by atoms with Crippen LogP contribution in [-0.4, -0.2) is 83.6 Å². The number of aryl methyl sites for hydroxylation is 1. The van der Waals surface area contributed by atoms with Crippen LogP contribution in [0.1, 0.15) is 44.4 Å². The predicted molar refractivity (Wildman–Crippen MR) is 162 cm³/mol. The number of thiazole rings is 1. The number of carboxylic acid groups (broad SMARTS) is 2. The van der Waals surface area contributed by atoms with E-state index in [1.165, 1.54) is 35.9 Å². The number of aromatic nitrogens is 3. The number of hydrogen-bond acceptors (Lipinski definition) is 12. The standard InChI is InChI=1S/C26H35N9O7S2/c1-26(2,24(40)41)42-32-16(15-12-44-25(29)30-15)20(36)31-17-21(37)35-18(23(38)39)14(11-43-22(17)35)10-34-9-13(19(28)33(34)3)7-5-4-6-8-27/h9,12,17,22,28H,4-8,10-11,27H2,1-3H3,(H5,29,30,31,36,38,39,40,41)/p+1/b32-16+/t17-,22-/m1/s1. The minimum absolute atomic E-state index is 0.0251. The number of unbranched alkanes of at least 4 members (excludes halogenated alkanes) is 2. The maximum Gasteiger partial charge on any atom is 0.352 e. The van der Waals surface area contributed by atoms with Crippen molar-refractivity contribution in [3.8, 4) is 0 Å². The van der Waals surface area contributed by atoms with E-state index in [0.717, 1.165) is 42.6 Å². The van der Waals surface area contributed by atoms with Crippen LogP contribution < -0.4 is 27.2 Å². The Balaban J connectivity index is 1.52. The Morgan fingerprint density at radius 2 is 1.98 bits per heavy atom. The highest BCUT2D eigenvalue weighted by molar-refractivity contribution is 8.00. The van der Waals surface area contributed by atoms with Gasteiger partial charge in [0, 0.05) is 16.7 Å². The molecule has 0 saturated carbocycles. The smallest absolute Gasteiger partial charge is 0.352 e. The molecule has 9 N–H and O–H groups in total. The van der Waals surface area contributed by atoms with Gasteiger partial charge in [0.1, 0.15) is 22.8 Å². The molecule has 4 rings (SSSR count). The van der Waals surface area contributed by atoms with E-state index in [-0.39, 0.29) is 34.5 Å². The maximum atomic E-state index is 13.3. The number of thioether (sulfide) groups is 1. The molecule has 2 amide bonds. The molecule has 2 aromatic rings. The quantitative estimate of drug-likeness (QED) is 0.0504. The molecule has 0 aliphatic carbocycles. The monoisotopic (exact) mass is 650 g/mol. The summed E-state index contributed by atoms with van der Waals surface area (Å²) < 4.78 is 3.57. The molecule has 1 fully saturated rings. The fourth-order valence-electron chi connectivity index (χ4n) is 4.67. The number of fused-ring (bicyclic) bond motifs is 1. The lowest BCUT2D eigenvalue weighted by atomic mass is 10.0. The van der Waals surface area contributed by atoms with Crippen molar-refractivity contribution in [3.63, 3.8) is 0 Å². The molecule has 2 aromatic heterocycles. The number of amides is 2. The van der Waals surface area contributed by atoms with Gasteiger partial charge in [0.2, 0.25) is 11.8 Å². The molecule has 16 nitrogen and oxygen atoms in total. The second-order valence-corrected chi connectivity index (χ2v) is 12.8. The third-order valence-electron chi connectivity index (χ3n) is 7.27. The normalized spacial score (nSPS) is 18.6. The van der Waals surface area contributed by atoms with E-state index in [0.29, 0.717) is 17.9 Å². The average molecular weight is 651 g/mol. The van der Waals surface area contributed by atoms with E-state index in [1.807, 2.05) is 10.9 Å². The first kappa shape index (κ1) is 32.7. The summed E-state index contributed by atoms with van der Waals surface area (Å²) in [6.45, 7) is 3.33. The molecule has 18 heteroatoms. The maximum absolute atomic E-state index is 13.3. The molecule has 4 heterocycles. The summed E-state index contributed by atoms with van der Waals surface area (Å²) in [4.78, 5) is 60.8. The van der Waals surface area contributed by atoms with Gasteiger partial charge >= 0.3 is 11.9 Å². The van der Waals surface area contributed by atoms with Crippen LogP contribution in [0.3, 0.4) is 0 Å². The second kappa shape index (κ2) is 13.2. The average Bonchev–Trinajstić information content (AvgIpc) is 3.51. The zero-order valence-corrected chi connectivity index (χ0v) is 26.1. The number of carbonyl (C=O) groups is 4. The number of nitrogens with two attached hydrogens (primary N) is 3. The molecule has 2 aliphatic heterocycles. The lowest BCUT2D eigenvalue weighted by Gasteiger charge is -2.49. The Hall–Kier alpha value is -4.16. The number of rotatable bonds is 14. The van der Waals surface area contributed by atoms with Crippen LogP contribution in [0.15, 0.2) is 28.0 Å². The molecular formula is C26H36N9O7S2+. The van der Waals surface area contributed by atoms with Crippen LogP contribution in [0.2, 0.25) is 0 Å². The van der Waals surface area contributed by atoms with E-state index in [2.05, 4.69) is 15.5 Å². The van der Waals surface area contributed by atoms with Crippen molar-refractivity contribution in [1.82, 2.24) is 19.9 Å². The summed E-state index contributed by atoms with van der Waals surface area (Å²) in [5.74, 6) is -3.21.